The van der Waals surface area contributed by atoms with Crippen molar-refractivity contribution in [3.63, 3.8) is 0 Å². The summed E-state index contributed by atoms with van der Waals surface area (Å²) in [6.07, 6.45) is 5.35. The van der Waals surface area contributed by atoms with E-state index in [-0.39, 0.29) is 0 Å². The van der Waals surface area contributed by atoms with Gasteiger partial charge in [0.2, 0.25) is 0 Å². The fourth-order valence-electron chi connectivity index (χ4n) is 1.52. The molecule has 2 nitrogen and oxygen atoms in total. The molecule has 0 amide bonds. The molecule has 0 saturated heterocycles. The van der Waals surface area contributed by atoms with Crippen LogP contribution in [0.4, 0.5) is 0 Å². The van der Waals surface area contributed by atoms with Crippen molar-refractivity contribution in [2.45, 2.75) is 6.42 Å². The zero-order chi connectivity index (χ0) is 9.80. The van der Waals surface area contributed by atoms with Crippen molar-refractivity contribution < 1.29 is 4.79 Å². The second-order valence-electron chi connectivity index (χ2n) is 3.09. The van der Waals surface area contributed by atoms with Gasteiger partial charge in [-0.1, -0.05) is 18.2 Å². The summed E-state index contributed by atoms with van der Waals surface area (Å²) in [6, 6.07) is 11.9. The number of nitrogens with zero attached hydrogens (tertiary/aromatic N) is 1. The summed E-state index contributed by atoms with van der Waals surface area (Å²) < 4.78 is 2.01. The van der Waals surface area contributed by atoms with E-state index in [2.05, 4.69) is 0 Å². The fraction of sp³-hybridized carbons (Fsp3) is 0.0833. The van der Waals surface area contributed by atoms with E-state index >= 15 is 0 Å². The molecular formula is C12H11NO. The van der Waals surface area contributed by atoms with Crippen LogP contribution < -0.4 is 0 Å². The fourth-order valence-corrected chi connectivity index (χ4v) is 1.52. The maximum absolute atomic E-state index is 10.5. The SMILES string of the molecule is O=CCc1ccccc1-n1cccc1. The molecule has 2 aromatic rings. The van der Waals surface area contributed by atoms with Crippen LogP contribution in [0, 0.1) is 0 Å². The number of benzene rings is 1. The zero-order valence-corrected chi connectivity index (χ0v) is 7.76. The van der Waals surface area contributed by atoms with Crippen LogP contribution in [0.25, 0.3) is 5.69 Å². The zero-order valence-electron chi connectivity index (χ0n) is 7.76. The van der Waals surface area contributed by atoms with Crippen LogP contribution in [0.15, 0.2) is 48.8 Å². The molecule has 1 heterocycles. The maximum atomic E-state index is 10.5. The minimum absolute atomic E-state index is 0.467. The average Bonchev–Trinajstić information content (AvgIpc) is 2.72. The standard InChI is InChI=1S/C12H11NO/c14-10-7-11-5-1-2-6-12(11)13-8-3-4-9-13/h1-6,8-10H,7H2. The van der Waals surface area contributed by atoms with Gasteiger partial charge in [-0.25, -0.2) is 0 Å². The van der Waals surface area contributed by atoms with E-state index in [9.17, 15) is 4.79 Å². The van der Waals surface area contributed by atoms with Gasteiger partial charge in [0.15, 0.2) is 0 Å². The third kappa shape index (κ3) is 1.59. The molecule has 0 fully saturated rings. The van der Waals surface area contributed by atoms with Crippen molar-refractivity contribution in [1.82, 2.24) is 4.57 Å². The Balaban J connectivity index is 2.46. The van der Waals surface area contributed by atoms with Crippen molar-refractivity contribution in [3.05, 3.63) is 54.4 Å². The first-order valence-electron chi connectivity index (χ1n) is 4.56. The highest BCUT2D eigenvalue weighted by molar-refractivity contribution is 5.59. The van der Waals surface area contributed by atoms with Crippen LogP contribution in [-0.4, -0.2) is 10.9 Å². The molecule has 0 unspecified atom stereocenters. The summed E-state index contributed by atoms with van der Waals surface area (Å²) in [5.74, 6) is 0. The number of carbonyl (C=O) groups excluding carboxylic acids is 1. The number of hydrogen-bond acceptors (Lipinski definition) is 1. The van der Waals surface area contributed by atoms with Crippen LogP contribution >= 0.6 is 0 Å². The summed E-state index contributed by atoms with van der Waals surface area (Å²) >= 11 is 0. The van der Waals surface area contributed by atoms with Crippen molar-refractivity contribution in [2.24, 2.45) is 0 Å². The summed E-state index contributed by atoms with van der Waals surface area (Å²) in [4.78, 5) is 10.5. The topological polar surface area (TPSA) is 22.0 Å². The van der Waals surface area contributed by atoms with Crippen molar-refractivity contribution in [1.29, 1.82) is 0 Å². The molecule has 70 valence electrons. The lowest BCUT2D eigenvalue weighted by molar-refractivity contribution is -0.107. The van der Waals surface area contributed by atoms with E-state index in [4.69, 9.17) is 0 Å². The van der Waals surface area contributed by atoms with E-state index < -0.39 is 0 Å². The van der Waals surface area contributed by atoms with Gasteiger partial charge < -0.3 is 9.36 Å². The van der Waals surface area contributed by atoms with Crippen molar-refractivity contribution >= 4 is 6.29 Å². The molecule has 14 heavy (non-hydrogen) atoms. The number of hydrogen-bond donors (Lipinski definition) is 0. The first-order valence-corrected chi connectivity index (χ1v) is 4.56. The highest BCUT2D eigenvalue weighted by Gasteiger charge is 2.01. The second-order valence-corrected chi connectivity index (χ2v) is 3.09. The Morgan fingerprint density at radius 1 is 1.07 bits per heavy atom. The van der Waals surface area contributed by atoms with E-state index in [1.165, 1.54) is 0 Å². The average molecular weight is 185 g/mol. The summed E-state index contributed by atoms with van der Waals surface area (Å²) in [6.45, 7) is 0. The van der Waals surface area contributed by atoms with Gasteiger partial charge in [-0.05, 0) is 23.8 Å². The third-order valence-electron chi connectivity index (χ3n) is 2.18. The summed E-state index contributed by atoms with van der Waals surface area (Å²) in [5.41, 5.74) is 2.13. The molecule has 0 spiro atoms. The van der Waals surface area contributed by atoms with Crippen LogP contribution in [-0.2, 0) is 11.2 Å². The Kier molecular flexibility index (Phi) is 2.45. The van der Waals surface area contributed by atoms with E-state index in [0.29, 0.717) is 6.42 Å². The predicted octanol–water partition coefficient (Wildman–Crippen LogP) is 2.22. The molecule has 0 bridgehead atoms. The van der Waals surface area contributed by atoms with Crippen molar-refractivity contribution in [2.75, 3.05) is 0 Å². The number of rotatable bonds is 3. The van der Waals surface area contributed by atoms with E-state index in [1.807, 2.05) is 53.4 Å². The minimum Gasteiger partial charge on any atom is -0.324 e. The maximum Gasteiger partial charge on any atom is 0.124 e. The van der Waals surface area contributed by atoms with Crippen LogP contribution in [0.3, 0.4) is 0 Å². The van der Waals surface area contributed by atoms with Gasteiger partial charge in [-0.3, -0.25) is 0 Å². The predicted molar refractivity (Wildman–Crippen MR) is 55.5 cm³/mol. The summed E-state index contributed by atoms with van der Waals surface area (Å²) in [5, 5.41) is 0. The van der Waals surface area contributed by atoms with Gasteiger partial charge in [0.1, 0.15) is 6.29 Å². The Hall–Kier alpha value is -1.83. The normalized spacial score (nSPS) is 10.0. The monoisotopic (exact) mass is 185 g/mol. The smallest absolute Gasteiger partial charge is 0.124 e. The van der Waals surface area contributed by atoms with Crippen LogP contribution in [0.5, 0.6) is 0 Å². The van der Waals surface area contributed by atoms with Gasteiger partial charge in [-0.2, -0.15) is 0 Å². The molecule has 0 radical (unpaired) electrons. The van der Waals surface area contributed by atoms with Gasteiger partial charge in [-0.15, -0.1) is 0 Å². The Bertz CT molecular complexity index is 418. The van der Waals surface area contributed by atoms with E-state index in [0.717, 1.165) is 17.5 Å². The number of para-hydroxylation sites is 1. The first-order chi connectivity index (χ1) is 6.92. The molecule has 0 aliphatic carbocycles. The quantitative estimate of drug-likeness (QED) is 0.672. The third-order valence-corrected chi connectivity index (χ3v) is 2.18. The lowest BCUT2D eigenvalue weighted by atomic mass is 10.1. The largest absolute Gasteiger partial charge is 0.324 e. The van der Waals surface area contributed by atoms with Crippen LogP contribution in [0.1, 0.15) is 5.56 Å². The van der Waals surface area contributed by atoms with Gasteiger partial charge in [0, 0.05) is 24.5 Å². The molecular weight excluding hydrogens is 174 g/mol. The molecule has 1 aromatic carbocycles. The molecule has 1 aromatic heterocycles. The second kappa shape index (κ2) is 3.92. The molecule has 0 aliphatic rings. The minimum atomic E-state index is 0.467. The van der Waals surface area contributed by atoms with Crippen LogP contribution in [0.2, 0.25) is 0 Å². The lowest BCUT2D eigenvalue weighted by Gasteiger charge is -2.07. The van der Waals surface area contributed by atoms with Crippen molar-refractivity contribution in [3.8, 4) is 5.69 Å². The summed E-state index contributed by atoms with van der Waals surface area (Å²) in [7, 11) is 0. The number of aromatic nitrogens is 1. The first kappa shape index (κ1) is 8.75. The molecule has 2 rings (SSSR count). The highest BCUT2D eigenvalue weighted by atomic mass is 16.1. The van der Waals surface area contributed by atoms with Gasteiger partial charge in [0.25, 0.3) is 0 Å². The number of carbonyl (C=O) groups is 1. The molecule has 0 aliphatic heterocycles. The van der Waals surface area contributed by atoms with E-state index in [1.54, 1.807) is 0 Å². The van der Waals surface area contributed by atoms with Gasteiger partial charge >= 0.3 is 0 Å². The Morgan fingerprint density at radius 3 is 2.50 bits per heavy atom. The Morgan fingerprint density at radius 2 is 1.79 bits per heavy atom. The molecule has 2 heteroatoms. The lowest BCUT2D eigenvalue weighted by Crippen LogP contribution is -1.97. The molecule has 0 N–H and O–H groups in total. The number of aldehydes is 1. The van der Waals surface area contributed by atoms with Gasteiger partial charge in [0.05, 0.1) is 0 Å². The Labute approximate surface area is 82.8 Å². The molecule has 0 atom stereocenters. The highest BCUT2D eigenvalue weighted by Crippen LogP contribution is 2.14. The molecule has 0 saturated carbocycles.